The highest BCUT2D eigenvalue weighted by molar-refractivity contribution is 5.74. The first-order valence-electron chi connectivity index (χ1n) is 7.38. The molecular formula is C15H24O3. The van der Waals surface area contributed by atoms with E-state index in [1.807, 2.05) is 0 Å². The summed E-state index contributed by atoms with van der Waals surface area (Å²) in [5, 5.41) is 0. The highest BCUT2D eigenvalue weighted by atomic mass is 16.6. The molecule has 0 aromatic carbocycles. The molecule has 1 saturated carbocycles. The molecular weight excluding hydrogens is 228 g/mol. The molecule has 0 N–H and O–H groups in total. The van der Waals surface area contributed by atoms with E-state index in [1.165, 1.54) is 12.8 Å². The van der Waals surface area contributed by atoms with Crippen molar-refractivity contribution in [1.82, 2.24) is 0 Å². The van der Waals surface area contributed by atoms with E-state index in [0.29, 0.717) is 11.8 Å². The number of rotatable bonds is 2. The number of fused-ring (bicyclic) bond motifs is 2. The molecule has 1 aliphatic carbocycles. The molecule has 3 rings (SSSR count). The number of ether oxygens (including phenoxy) is 2. The molecule has 3 aliphatic rings. The van der Waals surface area contributed by atoms with Gasteiger partial charge in [0.05, 0.1) is 18.1 Å². The van der Waals surface area contributed by atoms with Gasteiger partial charge in [0.1, 0.15) is 5.60 Å². The SMILES string of the molecule is CC1C2CC(C(=O)OC3(C)CCCC3)C(O2)C1C. The molecule has 2 saturated heterocycles. The summed E-state index contributed by atoms with van der Waals surface area (Å²) in [5.41, 5.74) is -0.201. The van der Waals surface area contributed by atoms with Crippen LogP contribution in [0.4, 0.5) is 0 Å². The normalized spacial score (nSPS) is 45.4. The molecule has 0 amide bonds. The Morgan fingerprint density at radius 3 is 2.44 bits per heavy atom. The molecule has 3 fully saturated rings. The zero-order chi connectivity index (χ0) is 12.9. The summed E-state index contributed by atoms with van der Waals surface area (Å²) >= 11 is 0. The summed E-state index contributed by atoms with van der Waals surface area (Å²) in [7, 11) is 0. The molecule has 3 nitrogen and oxygen atoms in total. The van der Waals surface area contributed by atoms with Crippen molar-refractivity contribution >= 4 is 5.97 Å². The van der Waals surface area contributed by atoms with Crippen LogP contribution in [0.25, 0.3) is 0 Å². The molecule has 0 aromatic heterocycles. The van der Waals surface area contributed by atoms with Crippen LogP contribution in [0.1, 0.15) is 52.9 Å². The van der Waals surface area contributed by atoms with Gasteiger partial charge < -0.3 is 9.47 Å². The van der Waals surface area contributed by atoms with Gasteiger partial charge >= 0.3 is 5.97 Å². The molecule has 102 valence electrons. The highest BCUT2D eigenvalue weighted by Crippen LogP contribution is 2.47. The van der Waals surface area contributed by atoms with E-state index in [4.69, 9.17) is 9.47 Å². The summed E-state index contributed by atoms with van der Waals surface area (Å²) in [6.45, 7) is 6.51. The number of carbonyl (C=O) groups is 1. The monoisotopic (exact) mass is 252 g/mol. The van der Waals surface area contributed by atoms with E-state index in [-0.39, 0.29) is 29.7 Å². The Morgan fingerprint density at radius 1 is 1.22 bits per heavy atom. The maximum atomic E-state index is 12.3. The van der Waals surface area contributed by atoms with Crippen LogP contribution in [-0.2, 0) is 14.3 Å². The minimum absolute atomic E-state index is 0.00866. The van der Waals surface area contributed by atoms with Crippen molar-refractivity contribution in [1.29, 1.82) is 0 Å². The Hall–Kier alpha value is -0.570. The molecule has 2 bridgehead atoms. The summed E-state index contributed by atoms with van der Waals surface area (Å²) in [4.78, 5) is 12.3. The highest BCUT2D eigenvalue weighted by Gasteiger charge is 2.54. The third-order valence-electron chi connectivity index (χ3n) is 5.46. The van der Waals surface area contributed by atoms with Gasteiger partial charge in [0.15, 0.2) is 0 Å². The van der Waals surface area contributed by atoms with Gasteiger partial charge in [0.25, 0.3) is 0 Å². The number of esters is 1. The van der Waals surface area contributed by atoms with Gasteiger partial charge in [-0.2, -0.15) is 0 Å². The Kier molecular flexibility index (Phi) is 2.92. The molecule has 3 heteroatoms. The van der Waals surface area contributed by atoms with Crippen molar-refractivity contribution in [2.24, 2.45) is 17.8 Å². The van der Waals surface area contributed by atoms with E-state index in [9.17, 15) is 4.79 Å². The minimum Gasteiger partial charge on any atom is -0.459 e. The zero-order valence-electron chi connectivity index (χ0n) is 11.6. The lowest BCUT2D eigenvalue weighted by Gasteiger charge is -2.31. The fraction of sp³-hybridized carbons (Fsp3) is 0.933. The standard InChI is InChI=1S/C15H24O3/c1-9-10(2)13-11(8-12(9)17-13)14(16)18-15(3)6-4-5-7-15/h9-13H,4-8H2,1-3H3. The smallest absolute Gasteiger partial charge is 0.312 e. The van der Waals surface area contributed by atoms with Gasteiger partial charge in [-0.05, 0) is 50.9 Å². The summed E-state index contributed by atoms with van der Waals surface area (Å²) in [6.07, 6.45) is 5.65. The van der Waals surface area contributed by atoms with E-state index < -0.39 is 0 Å². The van der Waals surface area contributed by atoms with Gasteiger partial charge in [-0.15, -0.1) is 0 Å². The lowest BCUT2D eigenvalue weighted by Crippen LogP contribution is -2.39. The average Bonchev–Trinajstić information content (AvgIpc) is 2.98. The first kappa shape index (κ1) is 12.5. The topological polar surface area (TPSA) is 35.5 Å². The maximum absolute atomic E-state index is 12.3. The van der Waals surface area contributed by atoms with Crippen molar-refractivity contribution < 1.29 is 14.3 Å². The first-order valence-corrected chi connectivity index (χ1v) is 7.38. The fourth-order valence-electron chi connectivity index (χ4n) is 3.98. The summed E-state index contributed by atoms with van der Waals surface area (Å²) in [5.74, 6) is 1.04. The van der Waals surface area contributed by atoms with E-state index in [1.54, 1.807) is 0 Å². The lowest BCUT2D eigenvalue weighted by molar-refractivity contribution is -0.165. The van der Waals surface area contributed by atoms with Crippen molar-refractivity contribution in [2.75, 3.05) is 0 Å². The Morgan fingerprint density at radius 2 is 1.89 bits per heavy atom. The molecule has 0 spiro atoms. The van der Waals surface area contributed by atoms with Crippen molar-refractivity contribution in [3.05, 3.63) is 0 Å². The van der Waals surface area contributed by atoms with Gasteiger partial charge in [-0.25, -0.2) is 0 Å². The third kappa shape index (κ3) is 1.87. The predicted molar refractivity (Wildman–Crippen MR) is 68.1 cm³/mol. The maximum Gasteiger partial charge on any atom is 0.312 e. The van der Waals surface area contributed by atoms with Crippen LogP contribution in [0.5, 0.6) is 0 Å². The second kappa shape index (κ2) is 4.22. The second-order valence-electron chi connectivity index (χ2n) is 6.78. The van der Waals surface area contributed by atoms with Gasteiger partial charge in [0.2, 0.25) is 0 Å². The van der Waals surface area contributed by atoms with Crippen molar-refractivity contribution in [2.45, 2.75) is 70.7 Å². The summed E-state index contributed by atoms with van der Waals surface area (Å²) < 4.78 is 11.7. The van der Waals surface area contributed by atoms with Gasteiger partial charge in [0, 0.05) is 0 Å². The quantitative estimate of drug-likeness (QED) is 0.709. The van der Waals surface area contributed by atoms with Crippen LogP contribution < -0.4 is 0 Å². The van der Waals surface area contributed by atoms with E-state index >= 15 is 0 Å². The first-order chi connectivity index (χ1) is 8.50. The van der Waals surface area contributed by atoms with Crippen LogP contribution in [0, 0.1) is 17.8 Å². The van der Waals surface area contributed by atoms with E-state index in [2.05, 4.69) is 20.8 Å². The molecule has 5 atom stereocenters. The number of carbonyl (C=O) groups excluding carboxylic acids is 1. The van der Waals surface area contributed by atoms with Crippen LogP contribution in [-0.4, -0.2) is 23.8 Å². The third-order valence-corrected chi connectivity index (χ3v) is 5.46. The summed E-state index contributed by atoms with van der Waals surface area (Å²) in [6, 6.07) is 0. The van der Waals surface area contributed by atoms with Crippen LogP contribution in [0.3, 0.4) is 0 Å². The molecule has 0 radical (unpaired) electrons. The van der Waals surface area contributed by atoms with Gasteiger partial charge in [-0.1, -0.05) is 13.8 Å². The molecule has 5 unspecified atom stereocenters. The van der Waals surface area contributed by atoms with Gasteiger partial charge in [-0.3, -0.25) is 4.79 Å². The molecule has 2 aliphatic heterocycles. The lowest BCUT2D eigenvalue weighted by atomic mass is 9.76. The largest absolute Gasteiger partial charge is 0.459 e. The molecule has 2 heterocycles. The van der Waals surface area contributed by atoms with E-state index in [0.717, 1.165) is 19.3 Å². The predicted octanol–water partition coefficient (Wildman–Crippen LogP) is 2.92. The molecule has 18 heavy (non-hydrogen) atoms. The Labute approximate surface area is 109 Å². The van der Waals surface area contributed by atoms with Crippen LogP contribution in [0.15, 0.2) is 0 Å². The fourth-order valence-corrected chi connectivity index (χ4v) is 3.98. The molecule has 0 aromatic rings. The van der Waals surface area contributed by atoms with Crippen LogP contribution in [0.2, 0.25) is 0 Å². The Balaban J connectivity index is 1.64. The number of hydrogen-bond acceptors (Lipinski definition) is 3. The second-order valence-corrected chi connectivity index (χ2v) is 6.78. The Bertz CT molecular complexity index is 344. The van der Waals surface area contributed by atoms with Crippen LogP contribution >= 0.6 is 0 Å². The number of hydrogen-bond donors (Lipinski definition) is 0. The van der Waals surface area contributed by atoms with Crippen molar-refractivity contribution in [3.63, 3.8) is 0 Å². The van der Waals surface area contributed by atoms with Crippen molar-refractivity contribution in [3.8, 4) is 0 Å². The minimum atomic E-state index is -0.201. The zero-order valence-corrected chi connectivity index (χ0v) is 11.6. The average molecular weight is 252 g/mol.